The van der Waals surface area contributed by atoms with Gasteiger partial charge in [-0.15, -0.1) is 11.8 Å². The van der Waals surface area contributed by atoms with E-state index in [4.69, 9.17) is 15.2 Å². The van der Waals surface area contributed by atoms with Crippen LogP contribution in [0.5, 0.6) is 0 Å². The van der Waals surface area contributed by atoms with E-state index in [2.05, 4.69) is 24.5 Å². The maximum absolute atomic E-state index is 13.5. The maximum atomic E-state index is 13.5. The summed E-state index contributed by atoms with van der Waals surface area (Å²) < 4.78 is 12.3. The Morgan fingerprint density at radius 1 is 1.17 bits per heavy atom. The number of ether oxygens (including phenoxy) is 2. The van der Waals surface area contributed by atoms with Gasteiger partial charge >= 0.3 is 0 Å². The topological polar surface area (TPSA) is 146 Å². The Hall–Kier alpha value is -0.720. The minimum Gasteiger partial charge on any atom is -0.388 e. The predicted molar refractivity (Wildman–Crippen MR) is 135 cm³/mol. The number of amides is 1. The molecule has 4 rings (SSSR count). The molecule has 0 spiro atoms. The van der Waals surface area contributed by atoms with Gasteiger partial charge in [0.2, 0.25) is 5.91 Å². The van der Waals surface area contributed by atoms with Gasteiger partial charge in [-0.1, -0.05) is 26.0 Å². The molecule has 9 nitrogen and oxygen atoms in total. The number of aliphatic hydroxyl groups excluding tert-OH is 3. The first-order chi connectivity index (χ1) is 16.8. The average Bonchev–Trinajstić information content (AvgIpc) is 3.11. The Balaban J connectivity index is 1.46. The van der Waals surface area contributed by atoms with Crippen molar-refractivity contribution in [2.24, 2.45) is 23.5 Å². The van der Waals surface area contributed by atoms with E-state index in [9.17, 15) is 20.1 Å². The highest BCUT2D eigenvalue weighted by molar-refractivity contribution is 8.00. The van der Waals surface area contributed by atoms with E-state index >= 15 is 0 Å². The second kappa shape index (κ2) is 12.2. The lowest BCUT2D eigenvalue weighted by Gasteiger charge is -2.44. The standard InChI is InChI=1S/C25H43N3O6S/c1-13(2)9-14-7-8-33-22-15(10-14)12-27-18(22)24(32)28-17-6-4-3-5-16(11-26)35-25-21(31)19(29)20(30)23(17)34-25/h3-4,13-23,25,27,29-31H,5-12,26H2,1-2H3,(H,28,32)/b4-3-/t14?,15?,16-,17+,18?,19-,20+,21+,22?,23+,25+/m0/s1. The quantitative estimate of drug-likeness (QED) is 0.282. The Morgan fingerprint density at radius 3 is 2.69 bits per heavy atom. The fourth-order valence-corrected chi connectivity index (χ4v) is 7.25. The molecule has 2 bridgehead atoms. The third-order valence-corrected chi connectivity index (χ3v) is 9.26. The predicted octanol–water partition coefficient (Wildman–Crippen LogP) is 0.119. The summed E-state index contributed by atoms with van der Waals surface area (Å²) in [6, 6.07) is -1.03. The normalized spacial score (nSPS) is 45.4. The van der Waals surface area contributed by atoms with Gasteiger partial charge in [-0.05, 0) is 49.9 Å². The van der Waals surface area contributed by atoms with Gasteiger partial charge in [0.25, 0.3) is 0 Å². The molecule has 10 heteroatoms. The molecule has 4 aliphatic rings. The van der Waals surface area contributed by atoms with Crippen LogP contribution < -0.4 is 16.4 Å². The number of allylic oxidation sites excluding steroid dienone is 1. The largest absolute Gasteiger partial charge is 0.388 e. The zero-order valence-electron chi connectivity index (χ0n) is 20.8. The zero-order valence-corrected chi connectivity index (χ0v) is 21.6. The fraction of sp³-hybridized carbons (Fsp3) is 0.880. The van der Waals surface area contributed by atoms with E-state index in [1.807, 2.05) is 12.2 Å². The summed E-state index contributed by atoms with van der Waals surface area (Å²) in [5.41, 5.74) is 5.13. The molecule has 0 aromatic carbocycles. The molecular weight excluding hydrogens is 470 g/mol. The van der Waals surface area contributed by atoms with Crippen molar-refractivity contribution in [3.8, 4) is 0 Å². The number of carbonyl (C=O) groups is 1. The minimum absolute atomic E-state index is 0.0201. The first-order valence-electron chi connectivity index (χ1n) is 13.1. The molecule has 1 amide bonds. The van der Waals surface area contributed by atoms with Gasteiger partial charge in [0, 0.05) is 24.9 Å². The third kappa shape index (κ3) is 6.41. The van der Waals surface area contributed by atoms with Crippen molar-refractivity contribution in [1.82, 2.24) is 10.6 Å². The van der Waals surface area contributed by atoms with Crippen LogP contribution in [0.25, 0.3) is 0 Å². The van der Waals surface area contributed by atoms with Crippen LogP contribution in [0.4, 0.5) is 0 Å². The average molecular weight is 514 g/mol. The Kier molecular flexibility index (Phi) is 9.53. The minimum atomic E-state index is -1.37. The summed E-state index contributed by atoms with van der Waals surface area (Å²) in [5.74, 6) is 1.37. The third-order valence-electron chi connectivity index (χ3n) is 7.83. The van der Waals surface area contributed by atoms with E-state index in [0.717, 1.165) is 19.4 Å². The van der Waals surface area contributed by atoms with Gasteiger partial charge in [0.1, 0.15) is 35.9 Å². The van der Waals surface area contributed by atoms with Crippen molar-refractivity contribution in [2.75, 3.05) is 19.7 Å². The molecule has 0 aliphatic carbocycles. The molecule has 200 valence electrons. The maximum Gasteiger partial charge on any atom is 0.240 e. The van der Waals surface area contributed by atoms with Crippen molar-refractivity contribution >= 4 is 17.7 Å². The first-order valence-corrected chi connectivity index (χ1v) is 14.1. The van der Waals surface area contributed by atoms with Crippen LogP contribution in [-0.2, 0) is 14.3 Å². The molecule has 0 radical (unpaired) electrons. The highest BCUT2D eigenvalue weighted by atomic mass is 32.2. The number of nitrogens with one attached hydrogen (secondary N) is 2. The van der Waals surface area contributed by atoms with Crippen LogP contribution in [0.1, 0.15) is 46.0 Å². The van der Waals surface area contributed by atoms with Crippen molar-refractivity contribution < 1.29 is 29.6 Å². The second-order valence-electron chi connectivity index (χ2n) is 11.0. The Labute approximate surface area is 212 Å². The molecule has 11 atom stereocenters. The van der Waals surface area contributed by atoms with E-state index in [1.54, 1.807) is 0 Å². The van der Waals surface area contributed by atoms with Gasteiger partial charge in [0.05, 0.1) is 12.1 Å². The highest BCUT2D eigenvalue weighted by Crippen LogP contribution is 2.36. The molecule has 0 aromatic rings. The lowest BCUT2D eigenvalue weighted by atomic mass is 9.85. The van der Waals surface area contributed by atoms with Gasteiger partial charge in [-0.3, -0.25) is 4.79 Å². The molecule has 0 saturated carbocycles. The van der Waals surface area contributed by atoms with E-state index in [0.29, 0.717) is 43.7 Å². The Bertz CT molecular complexity index is 742. The van der Waals surface area contributed by atoms with Crippen LogP contribution in [0.2, 0.25) is 0 Å². The smallest absolute Gasteiger partial charge is 0.240 e. The first kappa shape index (κ1) is 27.3. The monoisotopic (exact) mass is 513 g/mol. The number of hydrogen-bond acceptors (Lipinski definition) is 9. The molecule has 3 saturated heterocycles. The van der Waals surface area contributed by atoms with Crippen molar-refractivity contribution in [3.05, 3.63) is 12.2 Å². The summed E-state index contributed by atoms with van der Waals surface area (Å²) in [6.07, 6.45) is 3.39. The number of nitrogens with two attached hydrogens (primary N) is 1. The van der Waals surface area contributed by atoms with Crippen LogP contribution in [-0.4, -0.2) is 94.2 Å². The molecule has 4 heterocycles. The lowest BCUT2D eigenvalue weighted by Crippen LogP contribution is -2.64. The Morgan fingerprint density at radius 2 is 1.94 bits per heavy atom. The van der Waals surface area contributed by atoms with Crippen LogP contribution in [0.3, 0.4) is 0 Å². The summed E-state index contributed by atoms with van der Waals surface area (Å²) in [4.78, 5) is 13.5. The second-order valence-corrected chi connectivity index (χ2v) is 12.4. The summed E-state index contributed by atoms with van der Waals surface area (Å²) in [5, 5.41) is 38.3. The summed E-state index contributed by atoms with van der Waals surface area (Å²) in [6.45, 7) is 6.30. The molecule has 3 fully saturated rings. The number of hydrogen-bond donors (Lipinski definition) is 6. The van der Waals surface area contributed by atoms with Crippen LogP contribution in [0.15, 0.2) is 12.2 Å². The molecular formula is C25H43N3O6S. The summed E-state index contributed by atoms with van der Waals surface area (Å²) >= 11 is 1.36. The van der Waals surface area contributed by atoms with Crippen LogP contribution >= 0.6 is 11.8 Å². The van der Waals surface area contributed by atoms with Crippen molar-refractivity contribution in [1.29, 1.82) is 0 Å². The van der Waals surface area contributed by atoms with Crippen molar-refractivity contribution in [3.63, 3.8) is 0 Å². The molecule has 0 aromatic heterocycles. The SMILES string of the molecule is CC(C)CC1CCOC2C(CNC2C(=O)N[C@@H]2C/C=C\C[C@@H](CN)S[C@H]3O[C@H]2[C@H](O)[C@H](O)[C@H]3O)C1. The fourth-order valence-electron chi connectivity index (χ4n) is 6.03. The molecule has 4 aliphatic heterocycles. The zero-order chi connectivity index (χ0) is 25.1. The van der Waals surface area contributed by atoms with E-state index < -0.39 is 41.9 Å². The number of aliphatic hydroxyl groups is 3. The number of carbonyl (C=O) groups excluding carboxylic acids is 1. The molecule has 35 heavy (non-hydrogen) atoms. The van der Waals surface area contributed by atoms with Gasteiger partial charge < -0.3 is 41.2 Å². The van der Waals surface area contributed by atoms with Crippen molar-refractivity contribution in [2.45, 2.75) is 99.2 Å². The number of thioether (sulfide) groups is 1. The summed E-state index contributed by atoms with van der Waals surface area (Å²) in [7, 11) is 0. The van der Waals surface area contributed by atoms with Gasteiger partial charge in [-0.25, -0.2) is 0 Å². The highest BCUT2D eigenvalue weighted by Gasteiger charge is 2.49. The lowest BCUT2D eigenvalue weighted by molar-refractivity contribution is -0.205. The molecule has 7 N–H and O–H groups in total. The number of rotatable bonds is 5. The van der Waals surface area contributed by atoms with Crippen LogP contribution in [0, 0.1) is 17.8 Å². The number of fused-ring (bicyclic) bond motifs is 3. The van der Waals surface area contributed by atoms with Gasteiger partial charge in [0.15, 0.2) is 0 Å². The van der Waals surface area contributed by atoms with Gasteiger partial charge in [-0.2, -0.15) is 0 Å². The van der Waals surface area contributed by atoms with E-state index in [1.165, 1.54) is 18.2 Å². The molecule has 4 unspecified atom stereocenters. The van der Waals surface area contributed by atoms with E-state index in [-0.39, 0.29) is 17.3 Å².